The molecular weight excluding hydrogens is 234 g/mol. The molecule has 0 saturated carbocycles. The molecule has 6 nitrogen and oxygen atoms in total. The van der Waals surface area contributed by atoms with Crippen molar-refractivity contribution in [3.05, 3.63) is 17.5 Å². The van der Waals surface area contributed by atoms with Crippen LogP contribution in [0.1, 0.15) is 17.8 Å². The Hall–Kier alpha value is -1.69. The number of aliphatic carboxylic acids is 1. The van der Waals surface area contributed by atoms with Crippen molar-refractivity contribution < 1.29 is 15.0 Å². The maximum atomic E-state index is 10.9. The van der Waals surface area contributed by atoms with Gasteiger partial charge in [-0.15, -0.1) is 0 Å². The van der Waals surface area contributed by atoms with Crippen LogP contribution in [-0.2, 0) is 4.79 Å². The fraction of sp³-hybridized carbons (Fsp3) is 0.583. The first-order valence-corrected chi connectivity index (χ1v) is 5.95. The van der Waals surface area contributed by atoms with E-state index in [9.17, 15) is 9.90 Å². The number of hydrogen-bond acceptors (Lipinski definition) is 5. The Morgan fingerprint density at radius 3 is 2.50 bits per heavy atom. The second kappa shape index (κ2) is 4.89. The van der Waals surface area contributed by atoms with Crippen LogP contribution < -0.4 is 4.90 Å². The topological polar surface area (TPSA) is 86.6 Å². The van der Waals surface area contributed by atoms with Crippen molar-refractivity contribution in [1.82, 2.24) is 9.97 Å². The van der Waals surface area contributed by atoms with Crippen molar-refractivity contribution in [3.63, 3.8) is 0 Å². The van der Waals surface area contributed by atoms with Crippen molar-refractivity contribution >= 4 is 11.9 Å². The molecular formula is C12H17N3O3. The second-order valence-electron chi connectivity index (χ2n) is 4.70. The Bertz CT molecular complexity index is 444. The normalized spacial score (nSPS) is 24.1. The molecule has 18 heavy (non-hydrogen) atoms. The van der Waals surface area contributed by atoms with Crippen LogP contribution in [0.5, 0.6) is 0 Å². The van der Waals surface area contributed by atoms with Gasteiger partial charge in [-0.2, -0.15) is 0 Å². The average molecular weight is 251 g/mol. The van der Waals surface area contributed by atoms with Crippen LogP contribution in [-0.4, -0.2) is 45.3 Å². The van der Waals surface area contributed by atoms with Crippen LogP contribution in [0.25, 0.3) is 0 Å². The SMILES string of the molecule is Cc1cc(C)nc(N2CC[C@H](C(=O)O)[C@H](O)C2)n1. The smallest absolute Gasteiger partial charge is 0.309 e. The Labute approximate surface area is 105 Å². The number of piperidine rings is 1. The lowest BCUT2D eigenvalue weighted by molar-refractivity contribution is -0.146. The van der Waals surface area contributed by atoms with E-state index in [-0.39, 0.29) is 6.54 Å². The second-order valence-corrected chi connectivity index (χ2v) is 4.70. The quantitative estimate of drug-likeness (QED) is 0.789. The number of rotatable bonds is 2. The minimum Gasteiger partial charge on any atom is -0.481 e. The number of carbonyl (C=O) groups is 1. The molecule has 0 aromatic carbocycles. The Kier molecular flexibility index (Phi) is 3.47. The van der Waals surface area contributed by atoms with Gasteiger partial charge in [-0.3, -0.25) is 4.79 Å². The van der Waals surface area contributed by atoms with Gasteiger partial charge >= 0.3 is 5.97 Å². The van der Waals surface area contributed by atoms with Gasteiger partial charge in [0.1, 0.15) is 0 Å². The molecule has 2 N–H and O–H groups in total. The number of aryl methyl sites for hydroxylation is 2. The van der Waals surface area contributed by atoms with E-state index in [1.807, 2.05) is 24.8 Å². The molecule has 0 radical (unpaired) electrons. The van der Waals surface area contributed by atoms with E-state index in [0.717, 1.165) is 11.4 Å². The number of aromatic nitrogens is 2. The maximum absolute atomic E-state index is 10.9. The fourth-order valence-electron chi connectivity index (χ4n) is 2.25. The highest BCUT2D eigenvalue weighted by Crippen LogP contribution is 2.21. The van der Waals surface area contributed by atoms with Gasteiger partial charge in [0.25, 0.3) is 0 Å². The summed E-state index contributed by atoms with van der Waals surface area (Å²) >= 11 is 0. The fourth-order valence-corrected chi connectivity index (χ4v) is 2.25. The van der Waals surface area contributed by atoms with Crippen LogP contribution >= 0.6 is 0 Å². The molecule has 0 amide bonds. The summed E-state index contributed by atoms with van der Waals surface area (Å²) in [6.45, 7) is 4.59. The lowest BCUT2D eigenvalue weighted by atomic mass is 9.94. The van der Waals surface area contributed by atoms with E-state index in [1.165, 1.54) is 0 Å². The molecule has 6 heteroatoms. The monoisotopic (exact) mass is 251 g/mol. The summed E-state index contributed by atoms with van der Waals surface area (Å²) in [7, 11) is 0. The molecule has 2 atom stereocenters. The predicted octanol–water partition coefficient (Wildman–Crippen LogP) is 0.365. The average Bonchev–Trinajstić information content (AvgIpc) is 2.26. The minimum atomic E-state index is -0.941. The van der Waals surface area contributed by atoms with Crippen LogP contribution in [0.4, 0.5) is 5.95 Å². The summed E-state index contributed by atoms with van der Waals surface area (Å²) in [6, 6.07) is 1.88. The zero-order valence-corrected chi connectivity index (χ0v) is 10.5. The molecule has 2 rings (SSSR count). The molecule has 0 bridgehead atoms. The molecule has 1 fully saturated rings. The van der Waals surface area contributed by atoms with E-state index >= 15 is 0 Å². The molecule has 0 aliphatic carbocycles. The van der Waals surface area contributed by atoms with Crippen molar-refractivity contribution in [2.45, 2.75) is 26.4 Å². The zero-order chi connectivity index (χ0) is 13.3. The van der Waals surface area contributed by atoms with Crippen molar-refractivity contribution in [1.29, 1.82) is 0 Å². The summed E-state index contributed by atoms with van der Waals surface area (Å²) in [5.41, 5.74) is 1.74. The third kappa shape index (κ3) is 2.59. The first kappa shape index (κ1) is 12.8. The molecule has 0 spiro atoms. The highest BCUT2D eigenvalue weighted by molar-refractivity contribution is 5.71. The van der Waals surface area contributed by atoms with E-state index in [1.54, 1.807) is 0 Å². The Balaban J connectivity index is 2.14. The van der Waals surface area contributed by atoms with Gasteiger partial charge in [0, 0.05) is 24.5 Å². The molecule has 1 saturated heterocycles. The minimum absolute atomic E-state index is 0.264. The van der Waals surface area contributed by atoms with Gasteiger partial charge in [-0.1, -0.05) is 0 Å². The first-order chi connectivity index (χ1) is 8.47. The lowest BCUT2D eigenvalue weighted by Gasteiger charge is -2.34. The predicted molar refractivity (Wildman–Crippen MR) is 65.5 cm³/mol. The van der Waals surface area contributed by atoms with Gasteiger partial charge < -0.3 is 15.1 Å². The third-order valence-electron chi connectivity index (χ3n) is 3.15. The molecule has 2 heterocycles. The van der Waals surface area contributed by atoms with Crippen molar-refractivity contribution in [3.8, 4) is 0 Å². The highest BCUT2D eigenvalue weighted by Gasteiger charge is 2.33. The summed E-state index contributed by atoms with van der Waals surface area (Å²) in [4.78, 5) is 21.4. The van der Waals surface area contributed by atoms with Crippen LogP contribution in [0, 0.1) is 19.8 Å². The zero-order valence-electron chi connectivity index (χ0n) is 10.5. The van der Waals surface area contributed by atoms with E-state index in [4.69, 9.17) is 5.11 Å². The van der Waals surface area contributed by atoms with Crippen LogP contribution in [0.3, 0.4) is 0 Å². The van der Waals surface area contributed by atoms with Gasteiger partial charge in [0.15, 0.2) is 0 Å². The number of anilines is 1. The van der Waals surface area contributed by atoms with Gasteiger partial charge in [0.05, 0.1) is 12.0 Å². The maximum Gasteiger partial charge on any atom is 0.309 e. The van der Waals surface area contributed by atoms with Crippen LogP contribution in [0.15, 0.2) is 6.07 Å². The summed E-state index contributed by atoms with van der Waals surface area (Å²) in [5.74, 6) is -1.06. The number of carboxylic acids is 1. The molecule has 98 valence electrons. The molecule has 1 aliphatic heterocycles. The van der Waals surface area contributed by atoms with Crippen LogP contribution in [0.2, 0.25) is 0 Å². The van der Waals surface area contributed by atoms with E-state index in [2.05, 4.69) is 9.97 Å². The Morgan fingerprint density at radius 2 is 2.00 bits per heavy atom. The third-order valence-corrected chi connectivity index (χ3v) is 3.15. The van der Waals surface area contributed by atoms with Crippen molar-refractivity contribution in [2.24, 2.45) is 5.92 Å². The number of carboxylic acid groups (broad SMARTS) is 1. The largest absolute Gasteiger partial charge is 0.481 e. The van der Waals surface area contributed by atoms with E-state index in [0.29, 0.717) is 18.9 Å². The first-order valence-electron chi connectivity index (χ1n) is 5.95. The number of β-amino-alcohol motifs (C(OH)–C–C–N with tert-alkyl or cyclic N) is 1. The number of nitrogens with zero attached hydrogens (tertiary/aromatic N) is 3. The molecule has 1 aromatic rings. The number of aliphatic hydroxyl groups excluding tert-OH is 1. The van der Waals surface area contributed by atoms with Gasteiger partial charge in [0.2, 0.25) is 5.95 Å². The summed E-state index contributed by atoms with van der Waals surface area (Å²) < 4.78 is 0. The summed E-state index contributed by atoms with van der Waals surface area (Å²) in [6.07, 6.45) is -0.465. The molecule has 1 aromatic heterocycles. The highest BCUT2D eigenvalue weighted by atomic mass is 16.4. The molecule has 0 unspecified atom stereocenters. The number of aliphatic hydroxyl groups is 1. The molecule has 1 aliphatic rings. The van der Waals surface area contributed by atoms with E-state index < -0.39 is 18.0 Å². The Morgan fingerprint density at radius 1 is 1.39 bits per heavy atom. The lowest BCUT2D eigenvalue weighted by Crippen LogP contribution is -2.47. The van der Waals surface area contributed by atoms with Crippen molar-refractivity contribution in [2.75, 3.05) is 18.0 Å². The summed E-state index contributed by atoms with van der Waals surface area (Å²) in [5, 5.41) is 18.8. The van der Waals surface area contributed by atoms with Gasteiger partial charge in [-0.25, -0.2) is 9.97 Å². The standard InChI is InChI=1S/C12H17N3O3/c1-7-5-8(2)14-12(13-7)15-4-3-9(11(17)18)10(16)6-15/h5,9-10,16H,3-4,6H2,1-2H3,(H,17,18)/t9-,10+/m0/s1. The number of hydrogen-bond donors (Lipinski definition) is 2. The van der Waals surface area contributed by atoms with Gasteiger partial charge in [-0.05, 0) is 26.3 Å².